The molecule has 4 nitrogen and oxygen atoms in total. The zero-order valence-corrected chi connectivity index (χ0v) is 20.1. The monoisotopic (exact) mass is 440 g/mol. The number of carbonyl (C=O) groups excluding carboxylic acids is 2. The molecule has 1 heterocycles. The number of aryl methyl sites for hydroxylation is 1. The lowest BCUT2D eigenvalue weighted by Crippen LogP contribution is -2.53. The lowest BCUT2D eigenvalue weighted by atomic mass is 9.77. The Bertz CT molecular complexity index is 867. The number of hydrogen-bond donors (Lipinski definition) is 1. The van der Waals surface area contributed by atoms with Crippen LogP contribution < -0.4 is 5.32 Å². The highest BCUT2D eigenvalue weighted by Crippen LogP contribution is 2.43. The topological polar surface area (TPSA) is 49.4 Å². The molecule has 4 rings (SSSR count). The summed E-state index contributed by atoms with van der Waals surface area (Å²) in [6.07, 6.45) is 8.28. The van der Waals surface area contributed by atoms with Crippen LogP contribution in [-0.2, 0) is 9.59 Å². The van der Waals surface area contributed by atoms with Gasteiger partial charge in [-0.05, 0) is 61.6 Å². The summed E-state index contributed by atoms with van der Waals surface area (Å²) in [5.74, 6) is 1.52. The molecule has 31 heavy (non-hydrogen) atoms. The average Bonchev–Trinajstić information content (AvgIpc) is 2.76. The third-order valence-corrected chi connectivity index (χ3v) is 9.34. The van der Waals surface area contributed by atoms with E-state index in [0.29, 0.717) is 23.1 Å². The number of likely N-dealkylation sites (N-methyl/N-ethyl adjacent to an activating group) is 1. The Morgan fingerprint density at radius 2 is 1.94 bits per heavy atom. The van der Waals surface area contributed by atoms with E-state index in [-0.39, 0.29) is 23.8 Å². The Balaban J connectivity index is 1.42. The smallest absolute Gasteiger partial charge is 0.260 e. The van der Waals surface area contributed by atoms with Gasteiger partial charge in [0.25, 0.3) is 5.91 Å². The first-order valence-corrected chi connectivity index (χ1v) is 12.7. The molecule has 1 N–H and O–H groups in total. The van der Waals surface area contributed by atoms with Crippen molar-refractivity contribution in [2.45, 2.75) is 76.6 Å². The summed E-state index contributed by atoms with van der Waals surface area (Å²) in [4.78, 5) is 28.9. The highest BCUT2D eigenvalue weighted by atomic mass is 32.2. The molecule has 168 valence electrons. The van der Waals surface area contributed by atoms with Crippen LogP contribution >= 0.6 is 11.8 Å². The molecule has 2 amide bonds. The second kappa shape index (κ2) is 9.40. The molecule has 1 saturated heterocycles. The minimum absolute atomic E-state index is 0.0171. The van der Waals surface area contributed by atoms with Gasteiger partial charge in [-0.15, -0.1) is 11.8 Å². The Kier molecular flexibility index (Phi) is 6.80. The molecule has 0 radical (unpaired) electrons. The summed E-state index contributed by atoms with van der Waals surface area (Å²) in [5, 5.41) is 3.75. The lowest BCUT2D eigenvalue weighted by molar-refractivity contribution is -0.132. The molecule has 0 bridgehead atoms. The number of thioether (sulfide) groups is 1. The Morgan fingerprint density at radius 1 is 1.16 bits per heavy atom. The van der Waals surface area contributed by atoms with E-state index in [1.165, 1.54) is 18.4 Å². The van der Waals surface area contributed by atoms with Gasteiger partial charge >= 0.3 is 0 Å². The average molecular weight is 441 g/mol. The Labute approximate surface area is 191 Å². The number of nitrogens with one attached hydrogen (secondary N) is 1. The summed E-state index contributed by atoms with van der Waals surface area (Å²) >= 11 is 1.72. The van der Waals surface area contributed by atoms with E-state index in [1.54, 1.807) is 11.8 Å². The maximum atomic E-state index is 13.1. The lowest BCUT2D eigenvalue weighted by Gasteiger charge is -2.45. The molecule has 3 aliphatic rings. The van der Waals surface area contributed by atoms with Gasteiger partial charge in [0, 0.05) is 30.3 Å². The number of carbonyl (C=O) groups is 2. The van der Waals surface area contributed by atoms with Gasteiger partial charge in [-0.25, -0.2) is 0 Å². The SMILES string of the molecule is Cc1ccccc1/C=C1\SC2CCC(C(=O)NC3CCCC(C)C3C)CC2N(C)C1=O. The van der Waals surface area contributed by atoms with Crippen molar-refractivity contribution in [3.63, 3.8) is 0 Å². The van der Waals surface area contributed by atoms with E-state index in [1.807, 2.05) is 30.2 Å². The zero-order chi connectivity index (χ0) is 22.1. The number of benzene rings is 1. The van der Waals surface area contributed by atoms with Crippen molar-refractivity contribution in [1.29, 1.82) is 0 Å². The number of nitrogens with zero attached hydrogens (tertiary/aromatic N) is 1. The molecule has 3 fully saturated rings. The number of amides is 2. The largest absolute Gasteiger partial charge is 0.353 e. The number of fused-ring (bicyclic) bond motifs is 1. The van der Waals surface area contributed by atoms with Crippen LogP contribution in [0.2, 0.25) is 0 Å². The van der Waals surface area contributed by atoms with Gasteiger partial charge in [0.05, 0.1) is 4.91 Å². The van der Waals surface area contributed by atoms with Crippen molar-refractivity contribution in [1.82, 2.24) is 10.2 Å². The summed E-state index contributed by atoms with van der Waals surface area (Å²) < 4.78 is 0. The van der Waals surface area contributed by atoms with E-state index in [2.05, 4.69) is 38.2 Å². The summed E-state index contributed by atoms with van der Waals surface area (Å²) in [5.41, 5.74) is 2.29. The van der Waals surface area contributed by atoms with E-state index < -0.39 is 0 Å². The van der Waals surface area contributed by atoms with Crippen LogP contribution in [0.15, 0.2) is 29.2 Å². The van der Waals surface area contributed by atoms with E-state index in [4.69, 9.17) is 0 Å². The normalized spacial score (nSPS) is 35.0. The summed E-state index contributed by atoms with van der Waals surface area (Å²) in [7, 11) is 1.91. The Morgan fingerprint density at radius 3 is 2.71 bits per heavy atom. The molecule has 1 aliphatic heterocycles. The predicted molar refractivity (Wildman–Crippen MR) is 129 cm³/mol. The third-order valence-electron chi connectivity index (χ3n) is 7.94. The van der Waals surface area contributed by atoms with E-state index in [9.17, 15) is 9.59 Å². The molecular formula is C26H36N2O2S. The summed E-state index contributed by atoms with van der Waals surface area (Å²) in [6, 6.07) is 8.62. The van der Waals surface area contributed by atoms with Crippen LogP contribution in [0.25, 0.3) is 6.08 Å². The van der Waals surface area contributed by atoms with Crippen LogP contribution in [0.3, 0.4) is 0 Å². The van der Waals surface area contributed by atoms with Crippen molar-refractivity contribution in [2.75, 3.05) is 7.05 Å². The molecule has 1 aromatic rings. The van der Waals surface area contributed by atoms with E-state index >= 15 is 0 Å². The van der Waals surface area contributed by atoms with Crippen molar-refractivity contribution >= 4 is 29.7 Å². The molecule has 1 aromatic carbocycles. The van der Waals surface area contributed by atoms with Gasteiger partial charge < -0.3 is 10.2 Å². The minimum Gasteiger partial charge on any atom is -0.353 e. The molecule has 2 aliphatic carbocycles. The molecule has 6 atom stereocenters. The molecule has 6 unspecified atom stereocenters. The second-order valence-electron chi connectivity index (χ2n) is 9.90. The molecule has 5 heteroatoms. The first kappa shape index (κ1) is 22.4. The third kappa shape index (κ3) is 4.72. The van der Waals surface area contributed by atoms with Gasteiger partial charge in [0.15, 0.2) is 0 Å². The molecule has 0 spiro atoms. The van der Waals surface area contributed by atoms with Crippen LogP contribution in [0.4, 0.5) is 0 Å². The fourth-order valence-electron chi connectivity index (χ4n) is 5.51. The quantitative estimate of drug-likeness (QED) is 0.672. The van der Waals surface area contributed by atoms with Crippen molar-refractivity contribution < 1.29 is 9.59 Å². The van der Waals surface area contributed by atoms with Crippen molar-refractivity contribution in [3.8, 4) is 0 Å². The van der Waals surface area contributed by atoms with Crippen molar-refractivity contribution in [2.24, 2.45) is 17.8 Å². The van der Waals surface area contributed by atoms with Gasteiger partial charge in [0.1, 0.15) is 0 Å². The highest BCUT2D eigenvalue weighted by molar-refractivity contribution is 8.04. The standard InChI is InChI=1S/C26H36N2O2S/c1-16-9-7-11-21(18(16)3)27-25(29)20-12-13-23-22(14-20)28(4)26(30)24(31-23)15-19-10-6-5-8-17(19)2/h5-6,8,10,15-16,18,20-23H,7,9,11-14H2,1-4H3,(H,27,29)/b24-15-. The molecule has 2 saturated carbocycles. The maximum absolute atomic E-state index is 13.1. The minimum atomic E-state index is 0.0171. The van der Waals surface area contributed by atoms with E-state index in [0.717, 1.165) is 36.2 Å². The number of rotatable bonds is 3. The van der Waals surface area contributed by atoms with Crippen LogP contribution in [0.1, 0.15) is 63.5 Å². The second-order valence-corrected chi connectivity index (χ2v) is 11.2. The maximum Gasteiger partial charge on any atom is 0.260 e. The van der Waals surface area contributed by atoms with Crippen LogP contribution in [0, 0.1) is 24.7 Å². The fraction of sp³-hybridized carbons (Fsp3) is 0.615. The molecular weight excluding hydrogens is 404 g/mol. The van der Waals surface area contributed by atoms with Crippen LogP contribution in [0.5, 0.6) is 0 Å². The predicted octanol–water partition coefficient (Wildman–Crippen LogP) is 5.02. The molecule has 0 aromatic heterocycles. The first-order valence-electron chi connectivity index (χ1n) is 11.9. The van der Waals surface area contributed by atoms with Gasteiger partial charge in [-0.2, -0.15) is 0 Å². The van der Waals surface area contributed by atoms with Crippen LogP contribution in [-0.4, -0.2) is 41.1 Å². The zero-order valence-electron chi connectivity index (χ0n) is 19.3. The summed E-state index contributed by atoms with van der Waals surface area (Å²) in [6.45, 7) is 6.66. The van der Waals surface area contributed by atoms with Crippen molar-refractivity contribution in [3.05, 3.63) is 40.3 Å². The van der Waals surface area contributed by atoms with Gasteiger partial charge in [0.2, 0.25) is 5.91 Å². The first-order chi connectivity index (χ1) is 14.8. The van der Waals surface area contributed by atoms with Gasteiger partial charge in [-0.1, -0.05) is 51.0 Å². The fourth-order valence-corrected chi connectivity index (χ4v) is 6.98. The highest BCUT2D eigenvalue weighted by Gasteiger charge is 2.43. The van der Waals surface area contributed by atoms with Gasteiger partial charge in [-0.3, -0.25) is 9.59 Å². The Hall–Kier alpha value is -1.75. The number of hydrogen-bond acceptors (Lipinski definition) is 3.